The first-order valence-corrected chi connectivity index (χ1v) is 10.3. The van der Waals surface area contributed by atoms with E-state index in [1.807, 2.05) is 17.1 Å². The van der Waals surface area contributed by atoms with Crippen LogP contribution in [0.15, 0.2) is 30.4 Å². The number of allylic oxidation sites excluding steroid dienone is 2. The standard InChI is InChI=1S/C21H22N4O5/c22-19(26)11-5-7-23(8-6-11)15-4-3-14(10-16(15)25(29)30)24-20(27)17-12-1-2-13(9-12)18(17)21(24)28/h1-4,10-13,17-18H,5-9H2,(H2,22,26). The highest BCUT2D eigenvalue weighted by atomic mass is 16.6. The second kappa shape index (κ2) is 6.65. The maximum atomic E-state index is 13.0. The Labute approximate surface area is 172 Å². The van der Waals surface area contributed by atoms with Gasteiger partial charge in [0.2, 0.25) is 17.7 Å². The van der Waals surface area contributed by atoms with E-state index in [0.717, 1.165) is 11.3 Å². The zero-order chi connectivity index (χ0) is 21.2. The van der Waals surface area contributed by atoms with Gasteiger partial charge in [-0.15, -0.1) is 0 Å². The van der Waals surface area contributed by atoms with Crippen molar-refractivity contribution in [1.29, 1.82) is 0 Å². The average Bonchev–Trinajstić information content (AvgIpc) is 3.41. The van der Waals surface area contributed by atoms with Crippen LogP contribution in [0.1, 0.15) is 19.3 Å². The molecule has 4 unspecified atom stereocenters. The van der Waals surface area contributed by atoms with Crippen LogP contribution in [-0.2, 0) is 14.4 Å². The van der Waals surface area contributed by atoms with Crippen molar-refractivity contribution in [2.45, 2.75) is 19.3 Å². The van der Waals surface area contributed by atoms with E-state index in [2.05, 4.69) is 0 Å². The summed E-state index contributed by atoms with van der Waals surface area (Å²) in [6, 6.07) is 4.52. The maximum absolute atomic E-state index is 13.0. The van der Waals surface area contributed by atoms with Gasteiger partial charge in [-0.1, -0.05) is 12.2 Å². The van der Waals surface area contributed by atoms with E-state index >= 15 is 0 Å². The Morgan fingerprint density at radius 2 is 1.67 bits per heavy atom. The lowest BCUT2D eigenvalue weighted by Gasteiger charge is -2.32. The third-order valence-corrected chi connectivity index (χ3v) is 7.12. The van der Waals surface area contributed by atoms with Gasteiger partial charge in [0.25, 0.3) is 5.69 Å². The Kier molecular flexibility index (Phi) is 4.16. The van der Waals surface area contributed by atoms with Crippen LogP contribution < -0.4 is 15.5 Å². The quantitative estimate of drug-likeness (QED) is 0.348. The van der Waals surface area contributed by atoms with Crippen molar-refractivity contribution in [3.8, 4) is 0 Å². The molecule has 1 aromatic rings. The van der Waals surface area contributed by atoms with Gasteiger partial charge in [-0.3, -0.25) is 24.5 Å². The molecule has 9 nitrogen and oxygen atoms in total. The van der Waals surface area contributed by atoms with Crippen LogP contribution in [0, 0.1) is 39.7 Å². The highest BCUT2D eigenvalue weighted by Crippen LogP contribution is 2.53. The molecule has 2 aliphatic heterocycles. The number of nitro benzene ring substituents is 1. The summed E-state index contributed by atoms with van der Waals surface area (Å²) < 4.78 is 0. The summed E-state index contributed by atoms with van der Waals surface area (Å²) in [7, 11) is 0. The minimum absolute atomic E-state index is 0.0854. The fraction of sp³-hybridized carbons (Fsp3) is 0.476. The van der Waals surface area contributed by atoms with Crippen molar-refractivity contribution >= 4 is 34.8 Å². The Bertz CT molecular complexity index is 967. The summed E-state index contributed by atoms with van der Waals surface area (Å²) >= 11 is 0. The largest absolute Gasteiger partial charge is 0.369 e. The topological polar surface area (TPSA) is 127 Å². The van der Waals surface area contributed by atoms with E-state index in [1.165, 1.54) is 6.07 Å². The van der Waals surface area contributed by atoms with Gasteiger partial charge in [0, 0.05) is 25.1 Å². The highest BCUT2D eigenvalue weighted by Gasteiger charge is 2.59. The van der Waals surface area contributed by atoms with Crippen LogP contribution >= 0.6 is 0 Å². The summed E-state index contributed by atoms with van der Waals surface area (Å²) in [6.07, 6.45) is 5.94. The Morgan fingerprint density at radius 1 is 1.07 bits per heavy atom. The first-order chi connectivity index (χ1) is 14.4. The van der Waals surface area contributed by atoms with E-state index in [1.54, 1.807) is 12.1 Å². The molecule has 2 saturated heterocycles. The Morgan fingerprint density at radius 3 is 2.20 bits per heavy atom. The van der Waals surface area contributed by atoms with Crippen molar-refractivity contribution in [3.63, 3.8) is 0 Å². The van der Waals surface area contributed by atoms with Gasteiger partial charge < -0.3 is 10.6 Å². The zero-order valence-corrected chi connectivity index (χ0v) is 16.3. The molecular weight excluding hydrogens is 388 g/mol. The minimum atomic E-state index is -0.490. The molecule has 4 atom stereocenters. The van der Waals surface area contributed by atoms with Crippen molar-refractivity contribution in [1.82, 2.24) is 0 Å². The van der Waals surface area contributed by atoms with Crippen molar-refractivity contribution < 1.29 is 19.3 Å². The number of nitrogens with zero attached hydrogens (tertiary/aromatic N) is 3. The predicted octanol–water partition coefficient (Wildman–Crippen LogP) is 1.61. The molecule has 0 spiro atoms. The second-order valence-corrected chi connectivity index (χ2v) is 8.61. The van der Waals surface area contributed by atoms with E-state index in [0.29, 0.717) is 31.6 Å². The molecule has 3 amide bonds. The number of hydrogen-bond acceptors (Lipinski definition) is 6. The molecule has 4 aliphatic rings. The molecule has 2 aliphatic carbocycles. The highest BCUT2D eigenvalue weighted by molar-refractivity contribution is 6.23. The fourth-order valence-corrected chi connectivity index (χ4v) is 5.63. The van der Waals surface area contributed by atoms with Gasteiger partial charge in [-0.25, -0.2) is 4.90 Å². The molecule has 1 saturated carbocycles. The van der Waals surface area contributed by atoms with Crippen LogP contribution in [0.4, 0.5) is 17.1 Å². The van der Waals surface area contributed by atoms with Gasteiger partial charge in [-0.05, 0) is 43.2 Å². The van der Waals surface area contributed by atoms with Gasteiger partial charge in [0.05, 0.1) is 22.4 Å². The number of carbonyl (C=O) groups is 3. The lowest BCUT2D eigenvalue weighted by molar-refractivity contribution is -0.384. The van der Waals surface area contributed by atoms with Crippen LogP contribution in [0.5, 0.6) is 0 Å². The average molecular weight is 410 g/mol. The molecule has 30 heavy (non-hydrogen) atoms. The number of carbonyl (C=O) groups excluding carboxylic acids is 3. The molecule has 2 bridgehead atoms. The van der Waals surface area contributed by atoms with E-state index in [-0.39, 0.29) is 58.7 Å². The lowest BCUT2D eigenvalue weighted by atomic mass is 9.85. The van der Waals surface area contributed by atoms with Crippen molar-refractivity contribution in [2.24, 2.45) is 35.3 Å². The number of fused-ring (bicyclic) bond motifs is 5. The van der Waals surface area contributed by atoms with Crippen LogP contribution in [-0.4, -0.2) is 35.7 Å². The molecule has 3 fully saturated rings. The number of primary amides is 1. The van der Waals surface area contributed by atoms with Gasteiger partial charge in [0.1, 0.15) is 5.69 Å². The summed E-state index contributed by atoms with van der Waals surface area (Å²) in [5.41, 5.74) is 5.89. The third kappa shape index (κ3) is 2.64. The summed E-state index contributed by atoms with van der Waals surface area (Å²) in [4.78, 5) is 51.7. The zero-order valence-electron chi connectivity index (χ0n) is 16.3. The monoisotopic (exact) mass is 410 g/mol. The fourth-order valence-electron chi connectivity index (χ4n) is 5.63. The van der Waals surface area contributed by atoms with Crippen molar-refractivity contribution in [2.75, 3.05) is 22.9 Å². The molecule has 0 radical (unpaired) electrons. The Hall–Kier alpha value is -3.23. The number of anilines is 2. The predicted molar refractivity (Wildman–Crippen MR) is 107 cm³/mol. The molecule has 0 aromatic heterocycles. The minimum Gasteiger partial charge on any atom is -0.369 e. The summed E-state index contributed by atoms with van der Waals surface area (Å²) in [5, 5.41) is 11.8. The number of nitro groups is 1. The van der Waals surface area contributed by atoms with Crippen LogP contribution in [0.25, 0.3) is 0 Å². The molecule has 2 heterocycles. The first kappa shape index (κ1) is 18.8. The normalized spacial score (nSPS) is 30.3. The lowest BCUT2D eigenvalue weighted by Crippen LogP contribution is -2.39. The van der Waals surface area contributed by atoms with Gasteiger partial charge in [0.15, 0.2) is 0 Å². The van der Waals surface area contributed by atoms with E-state index < -0.39 is 4.92 Å². The third-order valence-electron chi connectivity index (χ3n) is 7.12. The van der Waals surface area contributed by atoms with E-state index in [4.69, 9.17) is 5.73 Å². The van der Waals surface area contributed by atoms with Crippen LogP contribution in [0.3, 0.4) is 0 Å². The van der Waals surface area contributed by atoms with Gasteiger partial charge >= 0.3 is 0 Å². The van der Waals surface area contributed by atoms with Gasteiger partial charge in [-0.2, -0.15) is 0 Å². The maximum Gasteiger partial charge on any atom is 0.294 e. The molecule has 5 rings (SSSR count). The second-order valence-electron chi connectivity index (χ2n) is 8.61. The molecule has 156 valence electrons. The SMILES string of the molecule is NC(=O)C1CCN(c2ccc(N3C(=O)C4C5C=CC(C5)C4C3=O)cc2[N+](=O)[O-])CC1. The van der Waals surface area contributed by atoms with Crippen LogP contribution in [0.2, 0.25) is 0 Å². The van der Waals surface area contributed by atoms with Crippen molar-refractivity contribution in [3.05, 3.63) is 40.5 Å². The number of piperidine rings is 1. The Balaban J connectivity index is 1.44. The molecule has 1 aromatic carbocycles. The summed E-state index contributed by atoms with van der Waals surface area (Å²) in [6.45, 7) is 0.961. The van der Waals surface area contributed by atoms with E-state index in [9.17, 15) is 24.5 Å². The molecule has 2 N–H and O–H groups in total. The number of rotatable bonds is 4. The number of benzene rings is 1. The molecular formula is C21H22N4O5. The smallest absolute Gasteiger partial charge is 0.294 e. The molecule has 9 heteroatoms. The number of hydrogen-bond donors (Lipinski definition) is 1. The first-order valence-electron chi connectivity index (χ1n) is 10.3. The number of imide groups is 1. The number of amides is 3. The summed E-state index contributed by atoms with van der Waals surface area (Å²) in [5.74, 6) is -1.61. The number of nitrogens with two attached hydrogens (primary N) is 1.